The van der Waals surface area contributed by atoms with Gasteiger partial charge in [-0.3, -0.25) is 0 Å². The van der Waals surface area contributed by atoms with Crippen molar-refractivity contribution in [2.24, 2.45) is 0 Å². The first-order valence-corrected chi connectivity index (χ1v) is 6.21. The molecule has 0 aliphatic heterocycles. The molecule has 0 amide bonds. The first-order chi connectivity index (χ1) is 7.21. The molecular weight excluding hydrogens is 204 g/mol. The van der Waals surface area contributed by atoms with Gasteiger partial charge in [-0.05, 0) is 38.3 Å². The monoisotopic (exact) mass is 216 g/mol. The lowest BCUT2D eigenvalue weighted by atomic mass is 10.00. The van der Waals surface area contributed by atoms with Crippen LogP contribution in [0.15, 0.2) is 6.07 Å². The SMILES string of the molecule is Cc1nc2c([nH]1)-c1sc(C)cc1C21CC1. The average molecular weight is 216 g/mol. The molecular formula is C12H12N2S. The van der Waals surface area contributed by atoms with E-state index in [2.05, 4.69) is 29.9 Å². The van der Waals surface area contributed by atoms with Crippen LogP contribution in [0.5, 0.6) is 0 Å². The summed E-state index contributed by atoms with van der Waals surface area (Å²) in [5.41, 5.74) is 4.48. The Kier molecular flexibility index (Phi) is 1.18. The third-order valence-corrected chi connectivity index (χ3v) is 4.69. The minimum absolute atomic E-state index is 0.320. The minimum Gasteiger partial charge on any atom is -0.341 e. The van der Waals surface area contributed by atoms with Crippen LogP contribution in [-0.2, 0) is 5.41 Å². The van der Waals surface area contributed by atoms with Crippen LogP contribution < -0.4 is 0 Å². The molecule has 2 nitrogen and oxygen atoms in total. The summed E-state index contributed by atoms with van der Waals surface area (Å²) in [6.07, 6.45) is 2.57. The Hall–Kier alpha value is -1.09. The molecule has 0 atom stereocenters. The average Bonchev–Trinajstić information content (AvgIpc) is 2.70. The van der Waals surface area contributed by atoms with Crippen molar-refractivity contribution in [1.82, 2.24) is 9.97 Å². The highest BCUT2D eigenvalue weighted by Crippen LogP contribution is 2.63. The Labute approximate surface area is 92.4 Å². The molecule has 3 heteroatoms. The summed E-state index contributed by atoms with van der Waals surface area (Å²) in [4.78, 5) is 11.0. The summed E-state index contributed by atoms with van der Waals surface area (Å²) >= 11 is 1.90. The van der Waals surface area contributed by atoms with Gasteiger partial charge in [-0.15, -0.1) is 11.3 Å². The highest BCUT2D eigenvalue weighted by atomic mass is 32.1. The lowest BCUT2D eigenvalue weighted by molar-refractivity contribution is 0.836. The molecule has 1 N–H and O–H groups in total. The second-order valence-corrected chi connectivity index (χ2v) is 5.98. The smallest absolute Gasteiger partial charge is 0.103 e. The number of aromatic amines is 1. The number of aromatic nitrogens is 2. The fourth-order valence-electron chi connectivity index (χ4n) is 2.82. The second-order valence-electron chi connectivity index (χ2n) is 4.73. The number of nitrogens with zero attached hydrogens (tertiary/aromatic N) is 1. The maximum atomic E-state index is 4.67. The van der Waals surface area contributed by atoms with E-state index >= 15 is 0 Å². The Morgan fingerprint density at radius 2 is 2.20 bits per heavy atom. The maximum absolute atomic E-state index is 4.67. The van der Waals surface area contributed by atoms with E-state index in [-0.39, 0.29) is 0 Å². The molecule has 15 heavy (non-hydrogen) atoms. The number of hydrogen-bond acceptors (Lipinski definition) is 2. The van der Waals surface area contributed by atoms with Crippen LogP contribution in [0.2, 0.25) is 0 Å². The van der Waals surface area contributed by atoms with Crippen LogP contribution in [0.1, 0.15) is 34.8 Å². The van der Waals surface area contributed by atoms with Crippen molar-refractivity contribution in [3.05, 3.63) is 28.0 Å². The minimum atomic E-state index is 0.320. The summed E-state index contributed by atoms with van der Waals surface area (Å²) in [5.74, 6) is 1.06. The molecule has 76 valence electrons. The predicted octanol–water partition coefficient (Wildman–Crippen LogP) is 3.15. The lowest BCUT2D eigenvalue weighted by Gasteiger charge is -2.04. The number of thiophene rings is 1. The third-order valence-electron chi connectivity index (χ3n) is 3.62. The zero-order chi connectivity index (χ0) is 10.2. The maximum Gasteiger partial charge on any atom is 0.103 e. The molecule has 1 saturated carbocycles. The highest BCUT2D eigenvalue weighted by molar-refractivity contribution is 7.15. The molecule has 2 aromatic rings. The van der Waals surface area contributed by atoms with E-state index in [1.165, 1.54) is 34.0 Å². The molecule has 0 radical (unpaired) electrons. The second kappa shape index (κ2) is 2.19. The van der Waals surface area contributed by atoms with Crippen LogP contribution in [0, 0.1) is 13.8 Å². The van der Waals surface area contributed by atoms with Crippen molar-refractivity contribution >= 4 is 11.3 Å². The molecule has 0 bridgehead atoms. The van der Waals surface area contributed by atoms with Crippen molar-refractivity contribution in [1.29, 1.82) is 0 Å². The van der Waals surface area contributed by atoms with Gasteiger partial charge in [-0.25, -0.2) is 4.98 Å². The molecule has 4 rings (SSSR count). The number of imidazole rings is 1. The molecule has 0 saturated heterocycles. The van der Waals surface area contributed by atoms with E-state index in [1.807, 2.05) is 11.3 Å². The van der Waals surface area contributed by atoms with Crippen LogP contribution in [0.4, 0.5) is 0 Å². The number of H-pyrrole nitrogens is 1. The van der Waals surface area contributed by atoms with Gasteiger partial charge in [0.15, 0.2) is 0 Å². The number of aryl methyl sites for hydroxylation is 2. The summed E-state index contributed by atoms with van der Waals surface area (Å²) in [5, 5.41) is 0. The van der Waals surface area contributed by atoms with Gasteiger partial charge in [0.1, 0.15) is 5.82 Å². The molecule has 1 spiro atoms. The number of fused-ring (bicyclic) bond motifs is 5. The quantitative estimate of drug-likeness (QED) is 0.720. The fourth-order valence-corrected chi connectivity index (χ4v) is 3.93. The van der Waals surface area contributed by atoms with E-state index in [1.54, 1.807) is 5.56 Å². The molecule has 0 aromatic carbocycles. The van der Waals surface area contributed by atoms with Crippen LogP contribution in [0.25, 0.3) is 10.6 Å². The van der Waals surface area contributed by atoms with Crippen LogP contribution >= 0.6 is 11.3 Å². The highest BCUT2D eigenvalue weighted by Gasteiger charge is 2.55. The summed E-state index contributed by atoms with van der Waals surface area (Å²) in [6, 6.07) is 2.36. The largest absolute Gasteiger partial charge is 0.341 e. The van der Waals surface area contributed by atoms with Crippen molar-refractivity contribution in [3.8, 4) is 10.6 Å². The first-order valence-electron chi connectivity index (χ1n) is 5.39. The Morgan fingerprint density at radius 3 is 2.93 bits per heavy atom. The van der Waals surface area contributed by atoms with Crippen molar-refractivity contribution in [2.75, 3.05) is 0 Å². The topological polar surface area (TPSA) is 28.7 Å². The fraction of sp³-hybridized carbons (Fsp3) is 0.417. The van der Waals surface area contributed by atoms with Gasteiger partial charge in [0.05, 0.1) is 16.3 Å². The van der Waals surface area contributed by atoms with Gasteiger partial charge < -0.3 is 4.98 Å². The van der Waals surface area contributed by atoms with E-state index < -0.39 is 0 Å². The number of hydrogen-bond donors (Lipinski definition) is 1. The molecule has 2 aromatic heterocycles. The molecule has 2 aliphatic carbocycles. The molecule has 2 heterocycles. The van der Waals surface area contributed by atoms with Gasteiger partial charge in [-0.2, -0.15) is 0 Å². The lowest BCUT2D eigenvalue weighted by Crippen LogP contribution is -2.03. The number of nitrogens with one attached hydrogen (secondary N) is 1. The van der Waals surface area contributed by atoms with Gasteiger partial charge >= 0.3 is 0 Å². The Balaban J connectivity index is 2.11. The van der Waals surface area contributed by atoms with Crippen LogP contribution in [0.3, 0.4) is 0 Å². The molecule has 0 unspecified atom stereocenters. The van der Waals surface area contributed by atoms with E-state index in [4.69, 9.17) is 0 Å². The van der Waals surface area contributed by atoms with Gasteiger partial charge in [-0.1, -0.05) is 0 Å². The van der Waals surface area contributed by atoms with Gasteiger partial charge in [0.2, 0.25) is 0 Å². The van der Waals surface area contributed by atoms with Gasteiger partial charge in [0.25, 0.3) is 0 Å². The molecule has 2 aliphatic rings. The van der Waals surface area contributed by atoms with Crippen LogP contribution in [-0.4, -0.2) is 9.97 Å². The zero-order valence-electron chi connectivity index (χ0n) is 8.85. The van der Waals surface area contributed by atoms with E-state index in [0.717, 1.165) is 5.82 Å². The molecule has 1 fully saturated rings. The van der Waals surface area contributed by atoms with E-state index in [9.17, 15) is 0 Å². The summed E-state index contributed by atoms with van der Waals surface area (Å²) < 4.78 is 0. The van der Waals surface area contributed by atoms with Gasteiger partial charge in [0, 0.05) is 10.3 Å². The normalized spacial score (nSPS) is 19.3. The predicted molar refractivity (Wildman–Crippen MR) is 61.4 cm³/mol. The zero-order valence-corrected chi connectivity index (χ0v) is 9.66. The first kappa shape index (κ1) is 8.11. The summed E-state index contributed by atoms with van der Waals surface area (Å²) in [7, 11) is 0. The van der Waals surface area contributed by atoms with Crippen molar-refractivity contribution in [3.63, 3.8) is 0 Å². The number of rotatable bonds is 0. The van der Waals surface area contributed by atoms with Crippen molar-refractivity contribution in [2.45, 2.75) is 32.1 Å². The third kappa shape index (κ3) is 0.797. The van der Waals surface area contributed by atoms with Crippen molar-refractivity contribution < 1.29 is 0 Å². The van der Waals surface area contributed by atoms with E-state index in [0.29, 0.717) is 5.41 Å². The standard InChI is InChI=1S/C12H12N2S/c1-6-5-8-10(15-6)9-11(12(8)3-4-12)14-7(2)13-9/h5H,3-4H2,1-2H3,(H,13,14). The Morgan fingerprint density at radius 1 is 1.40 bits per heavy atom. The summed E-state index contributed by atoms with van der Waals surface area (Å²) in [6.45, 7) is 4.25. The Bertz CT molecular complexity index is 524.